The van der Waals surface area contributed by atoms with E-state index in [1.165, 1.54) is 5.56 Å². The number of rotatable bonds is 6. The summed E-state index contributed by atoms with van der Waals surface area (Å²) in [6.45, 7) is 0.627. The quantitative estimate of drug-likeness (QED) is 0.380. The van der Waals surface area contributed by atoms with Crippen LogP contribution in [0.3, 0.4) is 0 Å². The molecule has 3 aromatic rings. The molecule has 0 radical (unpaired) electrons. The number of furan rings is 1. The van der Waals surface area contributed by atoms with Gasteiger partial charge in [0.05, 0.1) is 13.2 Å². The Kier molecular flexibility index (Phi) is 6.61. The van der Waals surface area contributed by atoms with E-state index in [1.54, 1.807) is 18.2 Å². The molecular weight excluding hydrogens is 436 g/mol. The van der Waals surface area contributed by atoms with E-state index in [1.807, 2.05) is 18.2 Å². The van der Waals surface area contributed by atoms with Crippen LogP contribution < -0.4 is 0 Å². The van der Waals surface area contributed by atoms with Gasteiger partial charge in [-0.15, -0.1) is 0 Å². The minimum absolute atomic E-state index is 0.391. The summed E-state index contributed by atoms with van der Waals surface area (Å²) < 4.78 is 11.7. The number of aliphatic hydroxyl groups is 5. The summed E-state index contributed by atoms with van der Waals surface area (Å²) in [6, 6.07) is 13.0. The van der Waals surface area contributed by atoms with Crippen LogP contribution in [0.4, 0.5) is 0 Å². The van der Waals surface area contributed by atoms with Crippen LogP contribution in [-0.2, 0) is 17.6 Å². The Balaban J connectivity index is 1.65. The topological polar surface area (TPSA) is 124 Å². The van der Waals surface area contributed by atoms with Crippen LogP contribution in [0.2, 0.25) is 5.02 Å². The molecule has 1 saturated heterocycles. The summed E-state index contributed by atoms with van der Waals surface area (Å²) in [5, 5.41) is 52.0. The number of aryl methyl sites for hydroxylation is 1. The van der Waals surface area contributed by atoms with E-state index in [0.717, 1.165) is 17.4 Å². The minimum atomic E-state index is -1.81. The van der Waals surface area contributed by atoms with Gasteiger partial charge in [-0.25, -0.2) is 0 Å². The van der Waals surface area contributed by atoms with E-state index in [0.29, 0.717) is 28.3 Å². The van der Waals surface area contributed by atoms with Crippen LogP contribution >= 0.6 is 11.6 Å². The predicted molar refractivity (Wildman–Crippen MR) is 119 cm³/mol. The molecule has 2 heterocycles. The minimum Gasteiger partial charge on any atom is -0.461 e. The highest BCUT2D eigenvalue weighted by Gasteiger charge is 2.53. The molecule has 4 atom stereocenters. The number of benzene rings is 2. The molecule has 0 saturated carbocycles. The highest BCUT2D eigenvalue weighted by Crippen LogP contribution is 2.39. The fraction of sp³-hybridized carbons (Fsp3) is 0.417. The molecule has 1 aliphatic rings. The van der Waals surface area contributed by atoms with Gasteiger partial charge in [0, 0.05) is 16.8 Å². The van der Waals surface area contributed by atoms with Gasteiger partial charge >= 0.3 is 0 Å². The second kappa shape index (κ2) is 9.11. The second-order valence-corrected chi connectivity index (χ2v) is 8.72. The van der Waals surface area contributed by atoms with Gasteiger partial charge in [-0.05, 0) is 47.4 Å². The lowest BCUT2D eigenvalue weighted by molar-refractivity contribution is -0.289. The molecular formula is C24H27ClO7. The van der Waals surface area contributed by atoms with Crippen molar-refractivity contribution in [2.24, 2.45) is 0 Å². The molecule has 4 rings (SSSR count). The van der Waals surface area contributed by atoms with Crippen LogP contribution in [-0.4, -0.2) is 62.7 Å². The number of halogens is 1. The van der Waals surface area contributed by atoms with Crippen LogP contribution in [0.15, 0.2) is 46.9 Å². The molecule has 32 heavy (non-hydrogen) atoms. The number of ether oxygens (including phenoxy) is 1. The monoisotopic (exact) mass is 462 g/mol. The molecule has 0 amide bonds. The molecule has 1 aliphatic heterocycles. The van der Waals surface area contributed by atoms with Gasteiger partial charge in [0.2, 0.25) is 0 Å². The largest absolute Gasteiger partial charge is 0.461 e. The van der Waals surface area contributed by atoms with Gasteiger partial charge in [0.15, 0.2) is 0 Å². The molecule has 0 spiro atoms. The molecule has 172 valence electrons. The Hall–Kier alpha value is -1.97. The fourth-order valence-corrected chi connectivity index (χ4v) is 4.38. The van der Waals surface area contributed by atoms with Crippen molar-refractivity contribution in [1.29, 1.82) is 0 Å². The van der Waals surface area contributed by atoms with Gasteiger partial charge in [-0.3, -0.25) is 0 Å². The van der Waals surface area contributed by atoms with Gasteiger partial charge in [0.25, 0.3) is 0 Å². The van der Waals surface area contributed by atoms with Gasteiger partial charge < -0.3 is 34.7 Å². The molecule has 7 nitrogen and oxygen atoms in total. The summed E-state index contributed by atoms with van der Waals surface area (Å²) in [4.78, 5) is 0. The van der Waals surface area contributed by atoms with Crippen molar-refractivity contribution in [2.75, 3.05) is 13.2 Å². The smallest absolute Gasteiger partial charge is 0.143 e. The SMILES string of the molecule is CCc1ccc2oc(Cc3cc([C@@H]4OC(CO)(CO)[C@@H](O)[C@H](O)[C@H]4O)ccc3Cl)cc2c1. The van der Waals surface area contributed by atoms with Crippen LogP contribution in [0.1, 0.15) is 35.5 Å². The van der Waals surface area contributed by atoms with Crippen molar-refractivity contribution in [2.45, 2.75) is 49.8 Å². The second-order valence-electron chi connectivity index (χ2n) is 8.31. The third-order valence-corrected chi connectivity index (χ3v) is 6.59. The summed E-state index contributed by atoms with van der Waals surface area (Å²) in [7, 11) is 0. The lowest BCUT2D eigenvalue weighted by Gasteiger charge is -2.47. The molecule has 0 unspecified atom stereocenters. The molecule has 1 fully saturated rings. The van der Waals surface area contributed by atoms with E-state index in [9.17, 15) is 25.5 Å². The first kappa shape index (κ1) is 23.2. The summed E-state index contributed by atoms with van der Waals surface area (Å²) >= 11 is 6.42. The first-order chi connectivity index (χ1) is 15.3. The zero-order valence-corrected chi connectivity index (χ0v) is 18.4. The van der Waals surface area contributed by atoms with E-state index in [4.69, 9.17) is 20.8 Å². The number of aliphatic hydroxyl groups excluding tert-OH is 5. The summed E-state index contributed by atoms with van der Waals surface area (Å²) in [5.41, 5.74) is 1.39. The zero-order valence-electron chi connectivity index (χ0n) is 17.6. The summed E-state index contributed by atoms with van der Waals surface area (Å²) in [5.74, 6) is 0.716. The van der Waals surface area contributed by atoms with Crippen molar-refractivity contribution in [3.63, 3.8) is 0 Å². The first-order valence-corrected chi connectivity index (χ1v) is 10.9. The van der Waals surface area contributed by atoms with Crippen LogP contribution in [0.5, 0.6) is 0 Å². The van der Waals surface area contributed by atoms with E-state index in [-0.39, 0.29) is 0 Å². The molecule has 8 heteroatoms. The van der Waals surface area contributed by atoms with Crippen LogP contribution in [0.25, 0.3) is 11.0 Å². The van der Waals surface area contributed by atoms with Gasteiger partial charge in [-0.1, -0.05) is 36.7 Å². The first-order valence-electron chi connectivity index (χ1n) is 10.5. The lowest BCUT2D eigenvalue weighted by Crippen LogP contribution is -2.65. The normalized spacial score (nSPS) is 25.3. The molecule has 0 bridgehead atoms. The Morgan fingerprint density at radius 1 is 0.969 bits per heavy atom. The van der Waals surface area contributed by atoms with Crippen molar-refractivity contribution in [1.82, 2.24) is 0 Å². The van der Waals surface area contributed by atoms with Crippen molar-refractivity contribution >= 4 is 22.6 Å². The number of fused-ring (bicyclic) bond motifs is 1. The lowest BCUT2D eigenvalue weighted by atomic mass is 9.83. The highest BCUT2D eigenvalue weighted by molar-refractivity contribution is 6.31. The molecule has 5 N–H and O–H groups in total. The number of hydrogen-bond acceptors (Lipinski definition) is 7. The molecule has 2 aromatic carbocycles. The van der Waals surface area contributed by atoms with Crippen LogP contribution in [0, 0.1) is 0 Å². The Morgan fingerprint density at radius 2 is 1.72 bits per heavy atom. The number of hydrogen-bond donors (Lipinski definition) is 5. The van der Waals surface area contributed by atoms with Crippen molar-refractivity contribution in [3.8, 4) is 0 Å². The zero-order chi connectivity index (χ0) is 23.0. The van der Waals surface area contributed by atoms with Crippen molar-refractivity contribution in [3.05, 3.63) is 69.9 Å². The maximum Gasteiger partial charge on any atom is 0.143 e. The fourth-order valence-electron chi connectivity index (χ4n) is 4.20. The Bertz CT molecular complexity index is 1090. The molecule has 0 aliphatic carbocycles. The van der Waals surface area contributed by atoms with Gasteiger partial charge in [-0.2, -0.15) is 0 Å². The van der Waals surface area contributed by atoms with Crippen molar-refractivity contribution < 1.29 is 34.7 Å². The third kappa shape index (κ3) is 4.06. The average molecular weight is 463 g/mol. The van der Waals surface area contributed by atoms with E-state index < -0.39 is 43.2 Å². The maximum absolute atomic E-state index is 10.5. The Morgan fingerprint density at radius 3 is 2.41 bits per heavy atom. The third-order valence-electron chi connectivity index (χ3n) is 6.22. The maximum atomic E-state index is 10.5. The average Bonchev–Trinajstić information content (AvgIpc) is 3.21. The molecule has 1 aromatic heterocycles. The Labute approximate surface area is 190 Å². The van der Waals surface area contributed by atoms with Gasteiger partial charge in [0.1, 0.15) is 41.4 Å². The van der Waals surface area contributed by atoms with E-state index >= 15 is 0 Å². The standard InChI is InChI=1S/C24H27ClO7/c1-2-13-3-6-19-16(7-13)10-17(31-19)9-15-8-14(4-5-18(15)25)22-20(28)21(29)23(30)24(11-26,12-27)32-22/h3-8,10,20-23,26-30H,2,9,11-12H2,1H3/t20-,21-,22+,23+/m1/s1. The van der Waals surface area contributed by atoms with E-state index in [2.05, 4.69) is 13.0 Å². The summed E-state index contributed by atoms with van der Waals surface area (Å²) in [6.07, 6.45) is -4.51. The highest BCUT2D eigenvalue weighted by atomic mass is 35.5. The predicted octanol–water partition coefficient (Wildman–Crippen LogP) is 2.12.